The topological polar surface area (TPSA) is 39.7 Å². The minimum atomic E-state index is -0.572. The highest BCUT2D eigenvalue weighted by molar-refractivity contribution is 6.31. The van der Waals surface area contributed by atoms with Crippen molar-refractivity contribution < 1.29 is 14.2 Å². The highest BCUT2D eigenvalue weighted by atomic mass is 35.5. The van der Waals surface area contributed by atoms with Crippen LogP contribution in [0.1, 0.15) is 69.9 Å². The predicted molar refractivity (Wildman–Crippen MR) is 148 cm³/mol. The molecule has 1 aliphatic heterocycles. The van der Waals surface area contributed by atoms with Crippen molar-refractivity contribution in [3.05, 3.63) is 94.0 Å². The maximum Gasteiger partial charge on any atom is 0.132 e. The predicted octanol–water partition coefficient (Wildman–Crippen LogP) is 8.08. The molecule has 0 aliphatic carbocycles. The van der Waals surface area contributed by atoms with Gasteiger partial charge in [0.05, 0.1) is 6.61 Å². The normalized spacial score (nSPS) is 18.9. The Morgan fingerprint density at radius 1 is 0.972 bits per heavy atom. The molecule has 0 saturated heterocycles. The Morgan fingerprint density at radius 3 is 2.36 bits per heavy atom. The van der Waals surface area contributed by atoms with Crippen LogP contribution in [0.4, 0.5) is 5.69 Å². The molecule has 0 spiro atoms. The van der Waals surface area contributed by atoms with E-state index in [9.17, 15) is 0 Å². The highest BCUT2D eigenvalue weighted by Crippen LogP contribution is 2.44. The highest BCUT2D eigenvalue weighted by Gasteiger charge is 2.45. The minimum Gasteiger partial charge on any atom is -0.485 e. The summed E-state index contributed by atoms with van der Waals surface area (Å²) in [6, 6.07) is 22.8. The van der Waals surface area contributed by atoms with E-state index in [0.29, 0.717) is 18.2 Å². The Labute approximate surface area is 220 Å². The zero-order chi connectivity index (χ0) is 25.9. The molecule has 2 atom stereocenters. The van der Waals surface area contributed by atoms with Gasteiger partial charge in [-0.2, -0.15) is 0 Å². The van der Waals surface area contributed by atoms with E-state index in [0.717, 1.165) is 29.1 Å². The summed E-state index contributed by atoms with van der Waals surface area (Å²) in [4.78, 5) is 0. The molecule has 3 aromatic rings. The molecule has 0 bridgehead atoms. The Balaban J connectivity index is 1.53. The van der Waals surface area contributed by atoms with Crippen molar-refractivity contribution in [1.29, 1.82) is 0 Å². The first-order chi connectivity index (χ1) is 17.1. The van der Waals surface area contributed by atoms with Crippen LogP contribution in [0.5, 0.6) is 5.75 Å². The number of fused-ring (bicyclic) bond motifs is 1. The van der Waals surface area contributed by atoms with Gasteiger partial charge in [0.2, 0.25) is 0 Å². The molecule has 2 unspecified atom stereocenters. The molecular formula is C31H38ClNO3. The van der Waals surface area contributed by atoms with Crippen LogP contribution in [0.15, 0.2) is 66.7 Å². The van der Waals surface area contributed by atoms with Crippen molar-refractivity contribution in [3.8, 4) is 5.75 Å². The second kappa shape index (κ2) is 10.8. The molecule has 0 fully saturated rings. The molecule has 0 amide bonds. The molecule has 0 radical (unpaired) electrons. The van der Waals surface area contributed by atoms with E-state index in [1.807, 2.05) is 51.1 Å². The van der Waals surface area contributed by atoms with E-state index in [2.05, 4.69) is 62.5 Å². The van der Waals surface area contributed by atoms with Gasteiger partial charge >= 0.3 is 0 Å². The lowest BCUT2D eigenvalue weighted by molar-refractivity contribution is -0.165. The minimum absolute atomic E-state index is 0.150. The van der Waals surface area contributed by atoms with Crippen molar-refractivity contribution in [2.24, 2.45) is 0 Å². The molecule has 1 heterocycles. The quantitative estimate of drug-likeness (QED) is 0.334. The Bertz CT molecular complexity index is 1170. The summed E-state index contributed by atoms with van der Waals surface area (Å²) in [5.41, 5.74) is 5.11. The van der Waals surface area contributed by atoms with Gasteiger partial charge in [-0.3, -0.25) is 0 Å². The smallest absolute Gasteiger partial charge is 0.132 e. The molecular weight excluding hydrogens is 470 g/mol. The van der Waals surface area contributed by atoms with Crippen LogP contribution in [0.25, 0.3) is 0 Å². The zero-order valence-corrected chi connectivity index (χ0v) is 23.0. The number of benzene rings is 3. The Hall–Kier alpha value is -2.53. The van der Waals surface area contributed by atoms with Crippen molar-refractivity contribution >= 4 is 17.3 Å². The number of hydrogen-bond donors (Lipinski definition) is 1. The van der Waals surface area contributed by atoms with Gasteiger partial charge in [-0.05, 0) is 67.1 Å². The molecule has 1 N–H and O–H groups in total. The fourth-order valence-electron chi connectivity index (χ4n) is 4.61. The summed E-state index contributed by atoms with van der Waals surface area (Å²) in [7, 11) is 0. The Kier molecular flexibility index (Phi) is 7.99. The van der Waals surface area contributed by atoms with E-state index in [1.54, 1.807) is 0 Å². The average Bonchev–Trinajstić information content (AvgIpc) is 2.83. The number of anilines is 1. The van der Waals surface area contributed by atoms with E-state index < -0.39 is 5.60 Å². The number of ether oxygens (including phenoxy) is 3. The summed E-state index contributed by atoms with van der Waals surface area (Å²) in [5.74, 6) is 0.830. The van der Waals surface area contributed by atoms with Gasteiger partial charge in [-0.15, -0.1) is 0 Å². The van der Waals surface area contributed by atoms with Crippen LogP contribution < -0.4 is 10.1 Å². The first-order valence-corrected chi connectivity index (χ1v) is 13.1. The van der Waals surface area contributed by atoms with Crippen LogP contribution >= 0.6 is 11.6 Å². The zero-order valence-electron chi connectivity index (χ0n) is 22.2. The molecule has 4 rings (SSSR count). The van der Waals surface area contributed by atoms with Gasteiger partial charge in [0.1, 0.15) is 23.6 Å². The maximum absolute atomic E-state index is 6.44. The van der Waals surface area contributed by atoms with Gasteiger partial charge in [-0.25, -0.2) is 0 Å². The first kappa shape index (κ1) is 26.5. The molecule has 192 valence electrons. The molecule has 36 heavy (non-hydrogen) atoms. The number of hydrogen-bond acceptors (Lipinski definition) is 4. The second-order valence-electron chi connectivity index (χ2n) is 11.0. The summed E-state index contributed by atoms with van der Waals surface area (Å²) in [5, 5.41) is 4.26. The standard InChI is InChI=1S/C31H38ClNO3/c1-7-34-28-25-18-24(33-19-21-12-14-23(15-13-21)30(2,3)4)16-17-27(25)36-31(5,6)29(28)35-20-22-10-8-9-11-26(22)32/h8-18,28-29,33H,7,19-20H2,1-6H3. The Morgan fingerprint density at radius 2 is 1.69 bits per heavy atom. The monoisotopic (exact) mass is 507 g/mol. The van der Waals surface area contributed by atoms with Gasteiger partial charge < -0.3 is 19.5 Å². The molecule has 5 heteroatoms. The van der Waals surface area contributed by atoms with E-state index in [-0.39, 0.29) is 17.6 Å². The van der Waals surface area contributed by atoms with E-state index in [4.69, 9.17) is 25.8 Å². The molecule has 0 saturated carbocycles. The van der Waals surface area contributed by atoms with E-state index >= 15 is 0 Å². The molecule has 1 aliphatic rings. The van der Waals surface area contributed by atoms with E-state index in [1.165, 1.54) is 11.1 Å². The first-order valence-electron chi connectivity index (χ1n) is 12.7. The summed E-state index contributed by atoms with van der Waals surface area (Å²) >= 11 is 6.38. The number of nitrogens with one attached hydrogen (secondary N) is 1. The lowest BCUT2D eigenvalue weighted by Crippen LogP contribution is -2.51. The third-order valence-electron chi connectivity index (χ3n) is 6.69. The average molecular weight is 508 g/mol. The summed E-state index contributed by atoms with van der Waals surface area (Å²) in [6.07, 6.45) is -0.564. The lowest BCUT2D eigenvalue weighted by atomic mass is 9.87. The van der Waals surface area contributed by atoms with Crippen LogP contribution in [0, 0.1) is 0 Å². The second-order valence-corrected chi connectivity index (χ2v) is 11.4. The summed E-state index contributed by atoms with van der Waals surface area (Å²) < 4.78 is 19.1. The number of halogens is 1. The third-order valence-corrected chi connectivity index (χ3v) is 7.06. The van der Waals surface area contributed by atoms with Crippen LogP contribution in [0.2, 0.25) is 5.02 Å². The largest absolute Gasteiger partial charge is 0.485 e. The number of rotatable bonds is 8. The van der Waals surface area contributed by atoms with Crippen LogP contribution in [-0.2, 0) is 28.0 Å². The maximum atomic E-state index is 6.44. The summed E-state index contributed by atoms with van der Waals surface area (Å²) in [6.45, 7) is 14.5. The SMILES string of the molecule is CCOC1c2cc(NCc3ccc(C(C)(C)C)cc3)ccc2OC(C)(C)C1OCc1ccccc1Cl. The van der Waals surface area contributed by atoms with Gasteiger partial charge in [-0.1, -0.05) is 74.8 Å². The molecule has 4 nitrogen and oxygen atoms in total. The van der Waals surface area contributed by atoms with Gasteiger partial charge in [0.25, 0.3) is 0 Å². The van der Waals surface area contributed by atoms with Crippen LogP contribution in [-0.4, -0.2) is 18.3 Å². The fraction of sp³-hybridized carbons (Fsp3) is 0.419. The van der Waals surface area contributed by atoms with Gasteiger partial charge in [0, 0.05) is 29.4 Å². The van der Waals surface area contributed by atoms with Crippen molar-refractivity contribution in [3.63, 3.8) is 0 Å². The molecule has 3 aromatic carbocycles. The van der Waals surface area contributed by atoms with Crippen molar-refractivity contribution in [1.82, 2.24) is 0 Å². The third kappa shape index (κ3) is 6.05. The fourth-order valence-corrected chi connectivity index (χ4v) is 4.80. The molecule has 0 aromatic heterocycles. The lowest BCUT2D eigenvalue weighted by Gasteiger charge is -2.44. The van der Waals surface area contributed by atoms with Crippen molar-refractivity contribution in [2.75, 3.05) is 11.9 Å². The van der Waals surface area contributed by atoms with Gasteiger partial charge in [0.15, 0.2) is 0 Å². The van der Waals surface area contributed by atoms with Crippen molar-refractivity contribution in [2.45, 2.75) is 77.9 Å². The van der Waals surface area contributed by atoms with Crippen LogP contribution in [0.3, 0.4) is 0 Å².